The third kappa shape index (κ3) is 4.98. The van der Waals surface area contributed by atoms with Crippen molar-refractivity contribution >= 4 is 17.3 Å². The van der Waals surface area contributed by atoms with E-state index < -0.39 is 17.7 Å². The largest absolute Gasteiger partial charge is 0.354 e. The average Bonchev–Trinajstić information content (AvgIpc) is 2.90. The van der Waals surface area contributed by atoms with Gasteiger partial charge in [0.2, 0.25) is 0 Å². The summed E-state index contributed by atoms with van der Waals surface area (Å²) in [4.78, 5) is 11.5. The molecule has 1 aromatic heterocycles. The number of likely N-dealkylation sites (N-methyl/N-ethyl adjacent to an activating group) is 1. The maximum atomic E-state index is 14.1. The Morgan fingerprint density at radius 2 is 1.88 bits per heavy atom. The van der Waals surface area contributed by atoms with Crippen LogP contribution in [0.5, 0.6) is 0 Å². The fraction of sp³-hybridized carbons (Fsp3) is 0.444. The van der Waals surface area contributed by atoms with E-state index in [-0.39, 0.29) is 5.56 Å². The molecule has 0 fully saturated rings. The third-order valence-electron chi connectivity index (χ3n) is 4.06. The lowest BCUT2D eigenvalue weighted by Crippen LogP contribution is -2.41. The van der Waals surface area contributed by atoms with Crippen molar-refractivity contribution in [2.45, 2.75) is 26.4 Å². The highest BCUT2D eigenvalue weighted by atomic mass is 32.1. The van der Waals surface area contributed by atoms with Crippen LogP contribution in [0.25, 0.3) is 0 Å². The van der Waals surface area contributed by atoms with E-state index in [9.17, 15) is 8.78 Å². The summed E-state index contributed by atoms with van der Waals surface area (Å²) in [5.74, 6) is -0.535. The van der Waals surface area contributed by atoms with Crippen molar-refractivity contribution in [3.8, 4) is 0 Å². The van der Waals surface area contributed by atoms with Gasteiger partial charge in [-0.3, -0.25) is 4.99 Å². The Morgan fingerprint density at radius 3 is 2.38 bits per heavy atom. The van der Waals surface area contributed by atoms with Crippen molar-refractivity contribution in [1.82, 2.24) is 20.5 Å². The highest BCUT2D eigenvalue weighted by molar-refractivity contribution is 7.11. The maximum Gasteiger partial charge on any atom is 0.191 e. The number of benzene rings is 1. The quantitative estimate of drug-likeness (QED) is 0.597. The number of halogens is 2. The SMILES string of the molecule is CN=C(NCc1sc(C)nc1C)NCC(c1c(F)cccc1F)N(C)C. The lowest BCUT2D eigenvalue weighted by atomic mass is 10.0. The molecule has 0 aliphatic carbocycles. The zero-order valence-electron chi connectivity index (χ0n) is 15.7. The molecule has 0 bridgehead atoms. The molecule has 0 spiro atoms. The Hall–Kier alpha value is -2.06. The second-order valence-electron chi connectivity index (χ2n) is 6.16. The van der Waals surface area contributed by atoms with Crippen LogP contribution in [0.4, 0.5) is 8.78 Å². The molecule has 142 valence electrons. The second-order valence-corrected chi connectivity index (χ2v) is 7.45. The number of nitrogens with zero attached hydrogens (tertiary/aromatic N) is 3. The molecule has 0 saturated carbocycles. The smallest absolute Gasteiger partial charge is 0.191 e. The normalized spacial score (nSPS) is 13.2. The minimum atomic E-state index is -0.552. The van der Waals surface area contributed by atoms with Gasteiger partial charge in [-0.05, 0) is 40.1 Å². The summed E-state index contributed by atoms with van der Waals surface area (Å²) in [6.07, 6.45) is 0. The van der Waals surface area contributed by atoms with E-state index in [2.05, 4.69) is 20.6 Å². The molecule has 2 aromatic rings. The predicted molar refractivity (Wildman–Crippen MR) is 103 cm³/mol. The van der Waals surface area contributed by atoms with Gasteiger partial charge in [-0.15, -0.1) is 11.3 Å². The molecule has 2 rings (SSSR count). The fourth-order valence-electron chi connectivity index (χ4n) is 2.69. The first-order valence-electron chi connectivity index (χ1n) is 8.31. The number of rotatable bonds is 6. The first-order chi connectivity index (χ1) is 12.3. The lowest BCUT2D eigenvalue weighted by molar-refractivity contribution is 0.282. The van der Waals surface area contributed by atoms with Gasteiger partial charge in [0.1, 0.15) is 11.6 Å². The number of aromatic nitrogens is 1. The van der Waals surface area contributed by atoms with Gasteiger partial charge in [0, 0.05) is 24.0 Å². The Bertz CT molecular complexity index is 753. The van der Waals surface area contributed by atoms with Crippen LogP contribution in [-0.4, -0.2) is 43.5 Å². The number of hydrogen-bond acceptors (Lipinski definition) is 4. The fourth-order valence-corrected chi connectivity index (χ4v) is 3.56. The van der Waals surface area contributed by atoms with Crippen molar-refractivity contribution < 1.29 is 8.78 Å². The molecule has 0 aliphatic heterocycles. The number of thiazole rings is 1. The topological polar surface area (TPSA) is 52.6 Å². The molecular formula is C18H25F2N5S. The molecule has 0 saturated heterocycles. The maximum absolute atomic E-state index is 14.1. The second kappa shape index (κ2) is 9.05. The van der Waals surface area contributed by atoms with Crippen LogP contribution in [-0.2, 0) is 6.54 Å². The van der Waals surface area contributed by atoms with Gasteiger partial charge >= 0.3 is 0 Å². The average molecular weight is 381 g/mol. The monoisotopic (exact) mass is 381 g/mol. The molecule has 0 radical (unpaired) electrons. The van der Waals surface area contributed by atoms with Crippen LogP contribution < -0.4 is 10.6 Å². The van der Waals surface area contributed by atoms with Crippen LogP contribution in [0.1, 0.15) is 27.2 Å². The van der Waals surface area contributed by atoms with Gasteiger partial charge in [-0.25, -0.2) is 13.8 Å². The van der Waals surface area contributed by atoms with E-state index in [1.807, 2.05) is 13.8 Å². The van der Waals surface area contributed by atoms with E-state index in [1.165, 1.54) is 18.2 Å². The Kier molecular flexibility index (Phi) is 7.05. The van der Waals surface area contributed by atoms with Crippen molar-refractivity contribution in [2.24, 2.45) is 4.99 Å². The molecule has 1 heterocycles. The molecule has 1 unspecified atom stereocenters. The van der Waals surface area contributed by atoms with Gasteiger partial charge in [0.25, 0.3) is 0 Å². The predicted octanol–water partition coefficient (Wildman–Crippen LogP) is 3.01. The number of guanidine groups is 1. The third-order valence-corrected chi connectivity index (χ3v) is 5.13. The summed E-state index contributed by atoms with van der Waals surface area (Å²) in [7, 11) is 5.24. The number of nitrogens with one attached hydrogen (secondary N) is 2. The highest BCUT2D eigenvalue weighted by Gasteiger charge is 2.22. The minimum Gasteiger partial charge on any atom is -0.354 e. The first-order valence-corrected chi connectivity index (χ1v) is 9.12. The Morgan fingerprint density at radius 1 is 1.23 bits per heavy atom. The Balaban J connectivity index is 2.04. The number of hydrogen-bond donors (Lipinski definition) is 2. The van der Waals surface area contributed by atoms with E-state index in [1.54, 1.807) is 37.4 Å². The molecule has 2 N–H and O–H groups in total. The van der Waals surface area contributed by atoms with Crippen LogP contribution in [0, 0.1) is 25.5 Å². The van der Waals surface area contributed by atoms with E-state index in [0.29, 0.717) is 19.0 Å². The van der Waals surface area contributed by atoms with Crippen molar-refractivity contribution in [1.29, 1.82) is 0 Å². The summed E-state index contributed by atoms with van der Waals surface area (Å²) in [5, 5.41) is 7.39. The van der Waals surface area contributed by atoms with E-state index in [4.69, 9.17) is 0 Å². The molecule has 1 atom stereocenters. The Labute approximate surface area is 157 Å². The van der Waals surface area contributed by atoms with Crippen molar-refractivity contribution in [3.05, 3.63) is 51.0 Å². The van der Waals surface area contributed by atoms with Gasteiger partial charge in [-0.1, -0.05) is 6.07 Å². The van der Waals surface area contributed by atoms with Crippen LogP contribution in [0.2, 0.25) is 0 Å². The molecule has 0 aliphatic rings. The lowest BCUT2D eigenvalue weighted by Gasteiger charge is -2.26. The van der Waals surface area contributed by atoms with Crippen LogP contribution in [0.3, 0.4) is 0 Å². The molecule has 0 amide bonds. The molecule has 1 aromatic carbocycles. The first kappa shape index (κ1) is 20.3. The van der Waals surface area contributed by atoms with Gasteiger partial charge in [-0.2, -0.15) is 0 Å². The van der Waals surface area contributed by atoms with Gasteiger partial charge in [0.15, 0.2) is 5.96 Å². The standard InChI is InChI=1S/C18H25F2N5S/c1-11-16(26-12(2)24-11)10-23-18(21-3)22-9-15(25(4)5)17-13(19)7-6-8-14(17)20/h6-8,15H,9-10H2,1-5H3,(H2,21,22,23). The number of aliphatic imine (C=N–C) groups is 1. The summed E-state index contributed by atoms with van der Waals surface area (Å²) in [6, 6.07) is 3.45. The van der Waals surface area contributed by atoms with Crippen LogP contribution in [0.15, 0.2) is 23.2 Å². The van der Waals surface area contributed by atoms with Crippen molar-refractivity contribution in [2.75, 3.05) is 27.7 Å². The van der Waals surface area contributed by atoms with Gasteiger partial charge in [0.05, 0.1) is 23.3 Å². The summed E-state index contributed by atoms with van der Waals surface area (Å²) < 4.78 is 28.3. The molecule has 8 heteroatoms. The summed E-state index contributed by atoms with van der Waals surface area (Å²) in [5.41, 5.74) is 1.05. The molecule has 5 nitrogen and oxygen atoms in total. The number of aryl methyl sites for hydroxylation is 2. The zero-order chi connectivity index (χ0) is 19.3. The molecular weight excluding hydrogens is 356 g/mol. The minimum absolute atomic E-state index is 0.0504. The van der Waals surface area contributed by atoms with E-state index >= 15 is 0 Å². The highest BCUT2D eigenvalue weighted by Crippen LogP contribution is 2.24. The van der Waals surface area contributed by atoms with Gasteiger partial charge < -0.3 is 15.5 Å². The van der Waals surface area contributed by atoms with Crippen LogP contribution >= 0.6 is 11.3 Å². The van der Waals surface area contributed by atoms with E-state index in [0.717, 1.165) is 15.6 Å². The zero-order valence-corrected chi connectivity index (χ0v) is 16.5. The summed E-state index contributed by atoms with van der Waals surface area (Å²) >= 11 is 1.63. The molecule has 26 heavy (non-hydrogen) atoms. The summed E-state index contributed by atoms with van der Waals surface area (Å²) in [6.45, 7) is 4.85. The van der Waals surface area contributed by atoms with Crippen molar-refractivity contribution in [3.63, 3.8) is 0 Å².